The first-order chi connectivity index (χ1) is 12.7. The van der Waals surface area contributed by atoms with E-state index < -0.39 is 0 Å². The molecule has 0 unspecified atom stereocenters. The van der Waals surface area contributed by atoms with Crippen LogP contribution < -0.4 is 10.1 Å². The molecule has 1 N–H and O–H groups in total. The van der Waals surface area contributed by atoms with Gasteiger partial charge in [0.1, 0.15) is 5.75 Å². The summed E-state index contributed by atoms with van der Waals surface area (Å²) in [6.45, 7) is 0.480. The van der Waals surface area contributed by atoms with Crippen LogP contribution in [0, 0.1) is 11.3 Å². The second kappa shape index (κ2) is 8.61. The van der Waals surface area contributed by atoms with E-state index in [9.17, 15) is 0 Å². The summed E-state index contributed by atoms with van der Waals surface area (Å²) in [7, 11) is 1.63. The Balaban J connectivity index is 1.87. The normalized spacial score (nSPS) is 10.3. The van der Waals surface area contributed by atoms with Crippen LogP contribution >= 0.6 is 23.4 Å². The maximum Gasteiger partial charge on any atom is 0.196 e. The van der Waals surface area contributed by atoms with Crippen LogP contribution in [0.4, 0.5) is 5.69 Å². The summed E-state index contributed by atoms with van der Waals surface area (Å²) in [6, 6.07) is 17.2. The van der Waals surface area contributed by atoms with Crippen molar-refractivity contribution in [2.45, 2.75) is 11.7 Å². The average Bonchev–Trinajstić information content (AvgIpc) is 3.08. The number of rotatable bonds is 7. The molecule has 2 aromatic carbocycles. The topological polar surface area (TPSA) is 75.8 Å². The van der Waals surface area contributed by atoms with Crippen molar-refractivity contribution in [1.82, 2.24) is 14.8 Å². The second-order valence-electron chi connectivity index (χ2n) is 5.24. The summed E-state index contributed by atoms with van der Waals surface area (Å²) in [4.78, 5) is 0. The van der Waals surface area contributed by atoms with E-state index >= 15 is 0 Å². The van der Waals surface area contributed by atoms with Gasteiger partial charge in [0.25, 0.3) is 0 Å². The molecule has 0 bridgehead atoms. The van der Waals surface area contributed by atoms with Crippen molar-refractivity contribution in [3.63, 3.8) is 0 Å². The molecular formula is C18H16ClN5OS. The number of halogens is 1. The zero-order valence-electron chi connectivity index (χ0n) is 14.0. The van der Waals surface area contributed by atoms with E-state index in [0.717, 1.165) is 22.9 Å². The lowest BCUT2D eigenvalue weighted by Crippen LogP contribution is -2.08. The number of benzene rings is 2. The van der Waals surface area contributed by atoms with Gasteiger partial charge in [-0.15, -0.1) is 10.2 Å². The number of hydrogen-bond donors (Lipinski definition) is 1. The largest absolute Gasteiger partial charge is 0.497 e. The Morgan fingerprint density at radius 2 is 1.88 bits per heavy atom. The van der Waals surface area contributed by atoms with Crippen LogP contribution in [-0.2, 0) is 6.54 Å². The predicted molar refractivity (Wildman–Crippen MR) is 103 cm³/mol. The molecule has 0 aliphatic carbocycles. The number of ether oxygens (including phenoxy) is 1. The molecule has 0 atom stereocenters. The van der Waals surface area contributed by atoms with Crippen molar-refractivity contribution in [1.29, 1.82) is 5.26 Å². The molecule has 0 aliphatic heterocycles. The van der Waals surface area contributed by atoms with Gasteiger partial charge in [-0.2, -0.15) is 5.26 Å². The van der Waals surface area contributed by atoms with E-state index in [1.165, 1.54) is 11.8 Å². The number of anilines is 1. The summed E-state index contributed by atoms with van der Waals surface area (Å²) in [5, 5.41) is 22.1. The fourth-order valence-electron chi connectivity index (χ4n) is 2.34. The van der Waals surface area contributed by atoms with Crippen LogP contribution in [-0.4, -0.2) is 27.6 Å². The number of nitriles is 1. The highest BCUT2D eigenvalue weighted by Gasteiger charge is 2.14. The van der Waals surface area contributed by atoms with Crippen molar-refractivity contribution in [2.75, 3.05) is 18.2 Å². The molecular weight excluding hydrogens is 370 g/mol. The molecule has 26 heavy (non-hydrogen) atoms. The van der Waals surface area contributed by atoms with Gasteiger partial charge in [-0.1, -0.05) is 23.4 Å². The highest BCUT2D eigenvalue weighted by molar-refractivity contribution is 7.99. The third kappa shape index (κ3) is 4.28. The van der Waals surface area contributed by atoms with Crippen molar-refractivity contribution >= 4 is 29.1 Å². The molecule has 0 spiro atoms. The molecule has 1 aromatic heterocycles. The average molecular weight is 386 g/mol. The molecule has 1 heterocycles. The maximum atomic E-state index is 8.87. The fraction of sp³-hybridized carbons (Fsp3) is 0.167. The number of nitrogens with zero attached hydrogens (tertiary/aromatic N) is 4. The van der Waals surface area contributed by atoms with Crippen LogP contribution in [0.25, 0.3) is 5.69 Å². The molecule has 3 aromatic rings. The van der Waals surface area contributed by atoms with Crippen LogP contribution in [0.2, 0.25) is 5.02 Å². The van der Waals surface area contributed by atoms with Crippen molar-refractivity contribution in [2.24, 2.45) is 0 Å². The zero-order valence-corrected chi connectivity index (χ0v) is 15.6. The van der Waals surface area contributed by atoms with Gasteiger partial charge in [-0.05, 0) is 48.5 Å². The first-order valence-corrected chi connectivity index (χ1v) is 9.15. The molecule has 0 radical (unpaired) electrons. The molecule has 0 saturated carbocycles. The van der Waals surface area contributed by atoms with E-state index in [-0.39, 0.29) is 0 Å². The summed E-state index contributed by atoms with van der Waals surface area (Å²) in [5.74, 6) is 1.82. The molecule has 6 nitrogen and oxygen atoms in total. The van der Waals surface area contributed by atoms with Crippen molar-refractivity contribution in [3.05, 3.63) is 59.4 Å². The molecule has 0 saturated heterocycles. The standard InChI is InChI=1S/C18H16ClN5OS/c1-25-16-8-6-15(7-9-16)24-17(22-23-18(24)26-11-10-20)12-21-14-4-2-13(19)3-5-14/h2-9,21H,11-12H2,1H3. The van der Waals surface area contributed by atoms with Gasteiger partial charge >= 0.3 is 0 Å². The Labute approximate surface area is 160 Å². The van der Waals surface area contributed by atoms with E-state index in [2.05, 4.69) is 21.6 Å². The highest BCUT2D eigenvalue weighted by atomic mass is 35.5. The third-order valence-corrected chi connectivity index (χ3v) is 4.64. The lowest BCUT2D eigenvalue weighted by Gasteiger charge is -2.11. The van der Waals surface area contributed by atoms with E-state index in [1.54, 1.807) is 7.11 Å². The van der Waals surface area contributed by atoms with Crippen molar-refractivity contribution in [3.8, 4) is 17.5 Å². The third-order valence-electron chi connectivity index (χ3n) is 3.59. The molecule has 0 amide bonds. The number of thioether (sulfide) groups is 1. The fourth-order valence-corrected chi connectivity index (χ4v) is 3.10. The van der Waals surface area contributed by atoms with Crippen LogP contribution in [0.15, 0.2) is 53.7 Å². The summed E-state index contributed by atoms with van der Waals surface area (Å²) >= 11 is 7.27. The molecule has 0 fully saturated rings. The van der Waals surface area contributed by atoms with Gasteiger partial charge < -0.3 is 10.1 Å². The second-order valence-corrected chi connectivity index (χ2v) is 6.62. The quantitative estimate of drug-likeness (QED) is 0.615. The zero-order chi connectivity index (χ0) is 18.4. The lowest BCUT2D eigenvalue weighted by atomic mass is 10.3. The minimum absolute atomic E-state index is 0.304. The number of hydrogen-bond acceptors (Lipinski definition) is 6. The van der Waals surface area contributed by atoms with Crippen molar-refractivity contribution < 1.29 is 4.74 Å². The first kappa shape index (κ1) is 18.1. The van der Waals surface area contributed by atoms with Gasteiger partial charge in [0.2, 0.25) is 0 Å². The Hall–Kier alpha value is -2.69. The summed E-state index contributed by atoms with van der Waals surface area (Å²) in [5.41, 5.74) is 1.84. The molecule has 3 rings (SSSR count). The highest BCUT2D eigenvalue weighted by Crippen LogP contribution is 2.24. The number of aromatic nitrogens is 3. The summed E-state index contributed by atoms with van der Waals surface area (Å²) in [6.07, 6.45) is 0. The van der Waals surface area contributed by atoms with Gasteiger partial charge in [-0.25, -0.2) is 0 Å². The lowest BCUT2D eigenvalue weighted by molar-refractivity contribution is 0.414. The smallest absolute Gasteiger partial charge is 0.196 e. The maximum absolute atomic E-state index is 8.87. The van der Waals surface area contributed by atoms with E-state index in [0.29, 0.717) is 22.5 Å². The molecule has 132 valence electrons. The molecule has 8 heteroatoms. The Bertz CT molecular complexity index is 903. The Morgan fingerprint density at radius 1 is 1.15 bits per heavy atom. The SMILES string of the molecule is COc1ccc(-n2c(CNc3ccc(Cl)cc3)nnc2SCC#N)cc1. The van der Waals surface area contributed by atoms with Crippen LogP contribution in [0.5, 0.6) is 5.75 Å². The predicted octanol–water partition coefficient (Wildman–Crippen LogP) is 4.16. The van der Waals surface area contributed by atoms with E-state index in [4.69, 9.17) is 21.6 Å². The summed E-state index contributed by atoms with van der Waals surface area (Å²) < 4.78 is 7.15. The minimum Gasteiger partial charge on any atom is -0.497 e. The Morgan fingerprint density at radius 3 is 2.54 bits per heavy atom. The van der Waals surface area contributed by atoms with Crippen LogP contribution in [0.3, 0.4) is 0 Å². The van der Waals surface area contributed by atoms with E-state index in [1.807, 2.05) is 53.1 Å². The van der Waals surface area contributed by atoms with Gasteiger partial charge in [-0.3, -0.25) is 4.57 Å². The molecule has 0 aliphatic rings. The van der Waals surface area contributed by atoms with Gasteiger partial charge in [0, 0.05) is 16.4 Å². The number of nitrogens with one attached hydrogen (secondary N) is 1. The van der Waals surface area contributed by atoms with Gasteiger partial charge in [0.15, 0.2) is 11.0 Å². The monoisotopic (exact) mass is 385 g/mol. The first-order valence-electron chi connectivity index (χ1n) is 7.79. The van der Waals surface area contributed by atoms with Gasteiger partial charge in [0.05, 0.1) is 25.5 Å². The minimum atomic E-state index is 0.304. The number of methoxy groups -OCH3 is 1. The Kier molecular flexibility index (Phi) is 6.00. The van der Waals surface area contributed by atoms with Crippen LogP contribution in [0.1, 0.15) is 5.82 Å².